The van der Waals surface area contributed by atoms with E-state index in [1.54, 1.807) is 0 Å². The zero-order chi connectivity index (χ0) is 11.2. The largest absolute Gasteiger partial charge is 0.522 e. The van der Waals surface area contributed by atoms with E-state index in [0.29, 0.717) is 0 Å². The second-order valence-electron chi connectivity index (χ2n) is 2.28. The van der Waals surface area contributed by atoms with Crippen molar-refractivity contribution in [1.29, 1.82) is 0 Å². The molecular formula is C5H10F3NO3S2. The first-order valence-electron chi connectivity index (χ1n) is 3.57. The summed E-state index contributed by atoms with van der Waals surface area (Å²) >= 11 is 2.03. The fourth-order valence-electron chi connectivity index (χ4n) is 0.516. The summed E-state index contributed by atoms with van der Waals surface area (Å²) in [5.74, 6) is 2.61. The minimum Gasteiger partial charge on any atom is -0.315 e. The number of nitrogens with one attached hydrogen (secondary N) is 1. The summed E-state index contributed by atoms with van der Waals surface area (Å²) in [5, 5.41) is 3.26. The molecule has 0 aromatic heterocycles. The van der Waals surface area contributed by atoms with Gasteiger partial charge < -0.3 is 5.32 Å². The average Bonchev–Trinajstić information content (AvgIpc) is 2.05. The van der Waals surface area contributed by atoms with Gasteiger partial charge in [-0.1, -0.05) is 0 Å². The van der Waals surface area contributed by atoms with Crippen LogP contribution in [0.2, 0.25) is 0 Å². The van der Waals surface area contributed by atoms with Crippen LogP contribution in [0.1, 0.15) is 0 Å². The molecular weight excluding hydrogens is 243 g/mol. The Kier molecular flexibility index (Phi) is 5.79. The van der Waals surface area contributed by atoms with Gasteiger partial charge in [0.1, 0.15) is 0 Å². The van der Waals surface area contributed by atoms with Gasteiger partial charge in [0.2, 0.25) is 0 Å². The van der Waals surface area contributed by atoms with Crippen LogP contribution in [0.3, 0.4) is 0 Å². The standard InChI is InChI=1S/C4H9NS.CHF3O3S/c1-3-6-4-2-5-1;2-1(3,4)8(5,6)7/h5H,1-4H2;(H,5,6,7). The molecule has 14 heavy (non-hydrogen) atoms. The smallest absolute Gasteiger partial charge is 0.315 e. The maximum absolute atomic E-state index is 10.7. The van der Waals surface area contributed by atoms with Crippen molar-refractivity contribution in [3.63, 3.8) is 0 Å². The molecule has 9 heteroatoms. The third-order valence-electron chi connectivity index (χ3n) is 1.14. The molecule has 0 aromatic rings. The van der Waals surface area contributed by atoms with Gasteiger partial charge in [-0.05, 0) is 0 Å². The number of halogens is 3. The van der Waals surface area contributed by atoms with Gasteiger partial charge in [0.05, 0.1) is 0 Å². The van der Waals surface area contributed by atoms with Crippen molar-refractivity contribution >= 4 is 21.9 Å². The molecule has 0 saturated carbocycles. The highest BCUT2D eigenvalue weighted by molar-refractivity contribution is 7.99. The fourth-order valence-corrected chi connectivity index (χ4v) is 1.30. The van der Waals surface area contributed by atoms with E-state index in [2.05, 4.69) is 5.32 Å². The van der Waals surface area contributed by atoms with E-state index in [-0.39, 0.29) is 0 Å². The summed E-state index contributed by atoms with van der Waals surface area (Å²) in [4.78, 5) is 0. The summed E-state index contributed by atoms with van der Waals surface area (Å²) in [6.07, 6.45) is 0. The Hall–Kier alpha value is 0.01000. The second kappa shape index (κ2) is 5.79. The molecule has 1 rings (SSSR count). The first-order chi connectivity index (χ1) is 6.25. The first-order valence-corrected chi connectivity index (χ1v) is 6.17. The Bertz CT molecular complexity index is 236. The van der Waals surface area contributed by atoms with Crippen molar-refractivity contribution in [2.75, 3.05) is 24.6 Å². The highest BCUT2D eigenvalue weighted by atomic mass is 32.2. The summed E-state index contributed by atoms with van der Waals surface area (Å²) in [7, 11) is -5.84. The molecule has 0 spiro atoms. The molecule has 1 aliphatic heterocycles. The highest BCUT2D eigenvalue weighted by Crippen LogP contribution is 2.20. The van der Waals surface area contributed by atoms with Crippen LogP contribution in [0.4, 0.5) is 13.2 Å². The Labute approximate surface area is 84.0 Å². The SMILES string of the molecule is C1CSCCN1.O=S(=O)(O)C(F)(F)F. The van der Waals surface area contributed by atoms with Gasteiger partial charge in [-0.15, -0.1) is 0 Å². The lowest BCUT2D eigenvalue weighted by Crippen LogP contribution is -2.24. The van der Waals surface area contributed by atoms with Crippen LogP contribution in [0.15, 0.2) is 0 Å². The van der Waals surface area contributed by atoms with E-state index in [0.717, 1.165) is 0 Å². The van der Waals surface area contributed by atoms with Crippen molar-refractivity contribution in [2.24, 2.45) is 0 Å². The molecule has 4 nitrogen and oxygen atoms in total. The van der Waals surface area contributed by atoms with Crippen LogP contribution in [-0.4, -0.2) is 43.1 Å². The molecule has 1 aliphatic rings. The van der Waals surface area contributed by atoms with E-state index in [1.807, 2.05) is 11.8 Å². The van der Waals surface area contributed by atoms with Gasteiger partial charge >= 0.3 is 15.6 Å². The highest BCUT2D eigenvalue weighted by Gasteiger charge is 2.44. The van der Waals surface area contributed by atoms with E-state index in [9.17, 15) is 13.2 Å². The third kappa shape index (κ3) is 6.46. The van der Waals surface area contributed by atoms with Gasteiger partial charge in [-0.2, -0.15) is 33.4 Å². The van der Waals surface area contributed by atoms with E-state index in [4.69, 9.17) is 13.0 Å². The third-order valence-corrected chi connectivity index (χ3v) is 2.71. The first kappa shape index (κ1) is 14.0. The summed E-state index contributed by atoms with van der Waals surface area (Å²) in [6.45, 7) is 2.43. The van der Waals surface area contributed by atoms with Gasteiger partial charge in [0, 0.05) is 24.6 Å². The molecule has 2 N–H and O–H groups in total. The van der Waals surface area contributed by atoms with Crippen LogP contribution in [-0.2, 0) is 10.1 Å². The zero-order valence-electron chi connectivity index (χ0n) is 7.04. The lowest BCUT2D eigenvalue weighted by molar-refractivity contribution is -0.0510. The molecule has 86 valence electrons. The quantitative estimate of drug-likeness (QED) is 0.492. The second-order valence-corrected chi connectivity index (χ2v) is 4.92. The molecule has 1 saturated heterocycles. The number of thioether (sulfide) groups is 1. The van der Waals surface area contributed by atoms with Gasteiger partial charge in [-0.3, -0.25) is 4.55 Å². The molecule has 0 bridgehead atoms. The van der Waals surface area contributed by atoms with Crippen molar-refractivity contribution in [2.45, 2.75) is 5.51 Å². The monoisotopic (exact) mass is 253 g/mol. The van der Waals surface area contributed by atoms with Gasteiger partial charge in [0.25, 0.3) is 0 Å². The van der Waals surface area contributed by atoms with Crippen molar-refractivity contribution in [3.05, 3.63) is 0 Å². The topological polar surface area (TPSA) is 66.4 Å². The molecule has 0 amide bonds. The average molecular weight is 253 g/mol. The number of hydrogen-bond donors (Lipinski definition) is 2. The van der Waals surface area contributed by atoms with E-state index < -0.39 is 15.6 Å². The lowest BCUT2D eigenvalue weighted by atomic mass is 10.6. The molecule has 1 fully saturated rings. The van der Waals surface area contributed by atoms with E-state index >= 15 is 0 Å². The fraction of sp³-hybridized carbons (Fsp3) is 1.00. The van der Waals surface area contributed by atoms with Crippen LogP contribution in [0.5, 0.6) is 0 Å². The summed E-state index contributed by atoms with van der Waals surface area (Å²) in [5.41, 5.74) is -5.53. The summed E-state index contributed by atoms with van der Waals surface area (Å²) < 4.78 is 57.5. The van der Waals surface area contributed by atoms with Crippen LogP contribution in [0, 0.1) is 0 Å². The molecule has 0 atom stereocenters. The number of hydrogen-bond acceptors (Lipinski definition) is 4. The Morgan fingerprint density at radius 1 is 1.21 bits per heavy atom. The van der Waals surface area contributed by atoms with Gasteiger partial charge in [-0.25, -0.2) is 0 Å². The molecule has 1 heterocycles. The maximum Gasteiger partial charge on any atom is 0.522 e. The summed E-state index contributed by atoms with van der Waals surface area (Å²) in [6, 6.07) is 0. The molecule has 0 unspecified atom stereocenters. The van der Waals surface area contributed by atoms with Crippen molar-refractivity contribution in [3.8, 4) is 0 Å². The predicted molar refractivity (Wildman–Crippen MR) is 47.8 cm³/mol. The number of rotatable bonds is 0. The molecule has 0 aromatic carbocycles. The Balaban J connectivity index is 0.000000249. The van der Waals surface area contributed by atoms with Crippen LogP contribution < -0.4 is 5.32 Å². The molecule has 0 aliphatic carbocycles. The van der Waals surface area contributed by atoms with Crippen molar-refractivity contribution in [1.82, 2.24) is 5.32 Å². The Morgan fingerprint density at radius 2 is 1.57 bits per heavy atom. The Morgan fingerprint density at radius 3 is 1.64 bits per heavy atom. The van der Waals surface area contributed by atoms with E-state index in [1.165, 1.54) is 24.6 Å². The minimum atomic E-state index is -5.84. The van der Waals surface area contributed by atoms with Gasteiger partial charge in [0.15, 0.2) is 0 Å². The van der Waals surface area contributed by atoms with Crippen LogP contribution in [0.25, 0.3) is 0 Å². The number of alkyl halides is 3. The lowest BCUT2D eigenvalue weighted by Gasteiger charge is -2.08. The zero-order valence-corrected chi connectivity index (χ0v) is 8.68. The maximum atomic E-state index is 10.7. The van der Waals surface area contributed by atoms with Crippen LogP contribution >= 0.6 is 11.8 Å². The minimum absolute atomic E-state index is 1.21. The molecule has 0 radical (unpaired) electrons. The van der Waals surface area contributed by atoms with Crippen molar-refractivity contribution < 1.29 is 26.1 Å². The predicted octanol–water partition coefficient (Wildman–Crippen LogP) is 0.717. The normalized spacial score (nSPS) is 18.3.